The Hall–Kier alpha value is 0.523. The summed E-state index contributed by atoms with van der Waals surface area (Å²) in [5.41, 5.74) is 8.67. The summed E-state index contributed by atoms with van der Waals surface area (Å²) in [6.45, 7) is 0. The molecule has 0 bridgehead atoms. The molecule has 69 valence electrons. The molecule has 4 nitrogen and oxygen atoms in total. The number of rotatable bonds is 0. The number of carbonyl (C=O) groups excluding carboxylic acids is 2. The van der Waals surface area contributed by atoms with E-state index in [-0.39, 0.29) is 41.1 Å². The number of carbonyl (C=O) groups is 2. The molecule has 0 aliphatic carbocycles. The summed E-state index contributed by atoms with van der Waals surface area (Å²) in [7, 11) is 0. The first-order valence-electron chi connectivity index (χ1n) is 1.43. The van der Waals surface area contributed by atoms with Crippen molar-refractivity contribution in [1.29, 1.82) is 0 Å². The molecule has 7 heteroatoms. The van der Waals surface area contributed by atoms with Crippen molar-refractivity contribution in [2.75, 3.05) is 0 Å². The van der Waals surface area contributed by atoms with Gasteiger partial charge in [0.2, 0.25) is 0 Å². The summed E-state index contributed by atoms with van der Waals surface area (Å²) in [5.74, 6) is 0. The third-order valence-electron chi connectivity index (χ3n) is 0. The van der Waals surface area contributed by atoms with E-state index < -0.39 is 10.5 Å². The Labute approximate surface area is 97.4 Å². The van der Waals surface area contributed by atoms with Gasteiger partial charge in [-0.05, 0) is 0 Å². The number of thiol groups is 2. The molecule has 0 fully saturated rings. The molecular formula is C4H14BiN2O2S2. The van der Waals surface area contributed by atoms with Gasteiger partial charge < -0.3 is 11.5 Å². The van der Waals surface area contributed by atoms with E-state index in [4.69, 9.17) is 9.59 Å². The molecule has 0 unspecified atom stereocenters. The van der Waals surface area contributed by atoms with Gasteiger partial charge in [0.05, 0.1) is 0 Å². The van der Waals surface area contributed by atoms with Crippen LogP contribution in [0.3, 0.4) is 0 Å². The molecule has 0 heterocycles. The number of hydrogen-bond acceptors (Lipinski definition) is 2. The van der Waals surface area contributed by atoms with Crippen LogP contribution in [0, 0.1) is 0 Å². The SMILES string of the molecule is C.C.NC(=O)S.NC(=O)S.[Bi]. The van der Waals surface area contributed by atoms with Crippen LogP contribution in [0.5, 0.6) is 0 Å². The van der Waals surface area contributed by atoms with Crippen LogP contribution in [0.2, 0.25) is 0 Å². The molecule has 0 spiro atoms. The summed E-state index contributed by atoms with van der Waals surface area (Å²) in [6, 6.07) is 0. The van der Waals surface area contributed by atoms with Crippen LogP contribution in [0.25, 0.3) is 0 Å². The fourth-order valence-electron chi connectivity index (χ4n) is 0. The molecule has 0 atom stereocenters. The molecule has 0 aromatic rings. The molecule has 4 N–H and O–H groups in total. The molecule has 11 heavy (non-hydrogen) atoms. The van der Waals surface area contributed by atoms with Crippen molar-refractivity contribution >= 4 is 61.9 Å². The minimum absolute atomic E-state index is 0. The largest absolute Gasteiger partial charge is 0.361 e. The van der Waals surface area contributed by atoms with Crippen LogP contribution in [-0.4, -0.2) is 36.7 Å². The van der Waals surface area contributed by atoms with Gasteiger partial charge in [-0.2, -0.15) is 0 Å². The average molecular weight is 395 g/mol. The third kappa shape index (κ3) is 2790. The second-order valence-corrected chi connectivity index (χ2v) is 1.56. The van der Waals surface area contributed by atoms with Gasteiger partial charge in [0.25, 0.3) is 10.5 Å². The maximum Gasteiger partial charge on any atom is 0.273 e. The number of hydrogen-bond donors (Lipinski definition) is 4. The third-order valence-corrected chi connectivity index (χ3v) is 0. The first-order valence-corrected chi connectivity index (χ1v) is 2.33. The van der Waals surface area contributed by atoms with E-state index in [0.717, 1.165) is 0 Å². The molecule has 2 amide bonds. The van der Waals surface area contributed by atoms with Gasteiger partial charge in [0, 0.05) is 26.2 Å². The van der Waals surface area contributed by atoms with Crippen molar-refractivity contribution in [3.63, 3.8) is 0 Å². The minimum Gasteiger partial charge on any atom is -0.361 e. The van der Waals surface area contributed by atoms with Crippen molar-refractivity contribution in [2.24, 2.45) is 11.5 Å². The summed E-state index contributed by atoms with van der Waals surface area (Å²) < 4.78 is 0. The molecule has 3 radical (unpaired) electrons. The maximum absolute atomic E-state index is 9.09. The van der Waals surface area contributed by atoms with Crippen LogP contribution in [0.4, 0.5) is 9.59 Å². The zero-order chi connectivity index (χ0) is 7.15. The van der Waals surface area contributed by atoms with Crippen LogP contribution < -0.4 is 11.5 Å². The smallest absolute Gasteiger partial charge is 0.273 e. The van der Waals surface area contributed by atoms with Gasteiger partial charge in [-0.15, -0.1) is 0 Å². The number of primary amides is 2. The van der Waals surface area contributed by atoms with Gasteiger partial charge in [-0.1, -0.05) is 40.1 Å². The topological polar surface area (TPSA) is 86.2 Å². The Morgan fingerprint density at radius 2 is 0.909 bits per heavy atom. The van der Waals surface area contributed by atoms with E-state index in [1.807, 2.05) is 0 Å². The van der Waals surface area contributed by atoms with E-state index in [2.05, 4.69) is 36.7 Å². The van der Waals surface area contributed by atoms with Crippen LogP contribution in [-0.2, 0) is 0 Å². The Morgan fingerprint density at radius 3 is 0.909 bits per heavy atom. The maximum atomic E-state index is 9.09. The molecule has 0 rings (SSSR count). The van der Waals surface area contributed by atoms with Crippen molar-refractivity contribution in [1.82, 2.24) is 0 Å². The zero-order valence-corrected chi connectivity index (χ0v) is 9.58. The fraction of sp³-hybridized carbons (Fsp3) is 0.500. The Kier molecular flexibility index (Phi) is 61.1. The number of amides is 2. The quantitative estimate of drug-likeness (QED) is 0.363. The molecule has 0 aromatic carbocycles. The van der Waals surface area contributed by atoms with Crippen molar-refractivity contribution < 1.29 is 9.59 Å². The van der Waals surface area contributed by atoms with Gasteiger partial charge in [-0.25, -0.2) is 0 Å². The van der Waals surface area contributed by atoms with E-state index in [1.165, 1.54) is 0 Å². The van der Waals surface area contributed by atoms with Gasteiger partial charge in [-0.3, -0.25) is 9.59 Å². The second-order valence-electron chi connectivity index (χ2n) is 0.676. The fourth-order valence-corrected chi connectivity index (χ4v) is 0. The van der Waals surface area contributed by atoms with Gasteiger partial charge in [0.1, 0.15) is 0 Å². The van der Waals surface area contributed by atoms with Crippen molar-refractivity contribution in [3.05, 3.63) is 0 Å². The monoisotopic (exact) mass is 395 g/mol. The molecule has 0 aromatic heterocycles. The minimum atomic E-state index is -0.639. The molecule has 0 saturated carbocycles. The molecule has 0 saturated heterocycles. The standard InChI is InChI=1S/2CH3NOS.2CH4.Bi/c2*2-1(3)4;;;/h2*(H3,2,3,4);2*1H4;. The number of nitrogens with two attached hydrogens (primary N) is 2. The first kappa shape index (κ1) is 30.0. The van der Waals surface area contributed by atoms with Crippen LogP contribution in [0.15, 0.2) is 0 Å². The van der Waals surface area contributed by atoms with E-state index in [9.17, 15) is 0 Å². The Balaban J connectivity index is -0.0000000171. The van der Waals surface area contributed by atoms with Gasteiger partial charge in [0.15, 0.2) is 0 Å². The van der Waals surface area contributed by atoms with Crippen molar-refractivity contribution in [2.45, 2.75) is 14.9 Å². The predicted octanol–water partition coefficient (Wildman–Crippen LogP) is 0.881. The van der Waals surface area contributed by atoms with Crippen molar-refractivity contribution in [3.8, 4) is 0 Å². The second kappa shape index (κ2) is 22.4. The normalized spacial score (nSPS) is 4.55. The zero-order valence-electron chi connectivity index (χ0n) is 4.31. The predicted molar refractivity (Wildman–Crippen MR) is 56.4 cm³/mol. The molecule has 0 aliphatic heterocycles. The summed E-state index contributed by atoms with van der Waals surface area (Å²) in [5, 5.41) is -1.28. The van der Waals surface area contributed by atoms with E-state index >= 15 is 0 Å². The Morgan fingerprint density at radius 1 is 0.909 bits per heavy atom. The summed E-state index contributed by atoms with van der Waals surface area (Å²) in [4.78, 5) is 18.2. The summed E-state index contributed by atoms with van der Waals surface area (Å²) >= 11 is 6.21. The van der Waals surface area contributed by atoms with Crippen LogP contribution >= 0.6 is 25.3 Å². The molecule has 0 aliphatic rings. The summed E-state index contributed by atoms with van der Waals surface area (Å²) in [6.07, 6.45) is 0. The Bertz CT molecular complexity index is 82.1. The van der Waals surface area contributed by atoms with Gasteiger partial charge >= 0.3 is 0 Å². The average Bonchev–Trinajstić information content (AvgIpc) is 1.25. The molecular weight excluding hydrogens is 381 g/mol. The van der Waals surface area contributed by atoms with E-state index in [0.29, 0.717) is 0 Å². The van der Waals surface area contributed by atoms with Crippen LogP contribution in [0.1, 0.15) is 14.9 Å². The van der Waals surface area contributed by atoms with E-state index in [1.54, 1.807) is 0 Å². The first-order chi connectivity index (χ1) is 3.46.